The number of anilines is 1. The third kappa shape index (κ3) is 3.66. The number of nitrogens with one attached hydrogen (secondary N) is 1. The first-order valence-corrected chi connectivity index (χ1v) is 7.61. The number of benzene rings is 1. The van der Waals surface area contributed by atoms with E-state index in [2.05, 4.69) is 44.3 Å². The third-order valence-corrected chi connectivity index (χ3v) is 4.20. The van der Waals surface area contributed by atoms with Gasteiger partial charge in [0.25, 0.3) is 0 Å². The number of hydrogen-bond acceptors (Lipinski definition) is 3. The lowest BCUT2D eigenvalue weighted by Crippen LogP contribution is -2.33. The van der Waals surface area contributed by atoms with Crippen molar-refractivity contribution < 1.29 is 4.74 Å². The van der Waals surface area contributed by atoms with Crippen molar-refractivity contribution in [2.75, 3.05) is 12.4 Å². The van der Waals surface area contributed by atoms with E-state index in [0.29, 0.717) is 12.1 Å². The zero-order valence-electron chi connectivity index (χ0n) is 13.2. The minimum absolute atomic E-state index is 0.150. The topological polar surface area (TPSA) is 47.3 Å². The quantitative estimate of drug-likeness (QED) is 0.885. The van der Waals surface area contributed by atoms with Crippen molar-refractivity contribution in [2.45, 2.75) is 64.0 Å². The van der Waals surface area contributed by atoms with E-state index in [4.69, 9.17) is 10.5 Å². The summed E-state index contributed by atoms with van der Waals surface area (Å²) in [4.78, 5) is 0. The summed E-state index contributed by atoms with van der Waals surface area (Å²) in [6, 6.07) is 7.35. The monoisotopic (exact) mass is 276 g/mol. The highest BCUT2D eigenvalue weighted by Gasteiger charge is 2.21. The minimum Gasteiger partial charge on any atom is -0.495 e. The van der Waals surface area contributed by atoms with Crippen LogP contribution in [0.25, 0.3) is 0 Å². The Labute approximate surface area is 122 Å². The lowest BCUT2D eigenvalue weighted by molar-refractivity contribution is 0.401. The summed E-state index contributed by atoms with van der Waals surface area (Å²) in [7, 11) is 1.73. The number of methoxy groups -OCH3 is 1. The van der Waals surface area contributed by atoms with Crippen LogP contribution in [0.15, 0.2) is 18.2 Å². The molecule has 1 aliphatic carbocycles. The van der Waals surface area contributed by atoms with E-state index in [0.717, 1.165) is 37.1 Å². The Morgan fingerprint density at radius 1 is 1.15 bits per heavy atom. The normalized spacial score (nSPS) is 23.4. The summed E-state index contributed by atoms with van der Waals surface area (Å²) in [5.74, 6) is 0.924. The second-order valence-electron chi connectivity index (χ2n) is 6.92. The molecule has 0 aromatic heterocycles. The maximum absolute atomic E-state index is 5.98. The Balaban J connectivity index is 2.16. The maximum Gasteiger partial charge on any atom is 0.141 e. The number of nitrogens with two attached hydrogens (primary N) is 1. The highest BCUT2D eigenvalue weighted by molar-refractivity contribution is 5.59. The molecule has 0 spiro atoms. The van der Waals surface area contributed by atoms with E-state index in [1.165, 1.54) is 5.56 Å². The predicted molar refractivity (Wildman–Crippen MR) is 85.5 cm³/mol. The van der Waals surface area contributed by atoms with Crippen molar-refractivity contribution in [2.24, 2.45) is 5.73 Å². The van der Waals surface area contributed by atoms with Gasteiger partial charge in [0.1, 0.15) is 5.75 Å². The molecule has 1 fully saturated rings. The molecule has 0 aliphatic heterocycles. The van der Waals surface area contributed by atoms with Crippen molar-refractivity contribution in [3.63, 3.8) is 0 Å². The van der Waals surface area contributed by atoms with Gasteiger partial charge in [0.05, 0.1) is 12.8 Å². The molecule has 0 bridgehead atoms. The van der Waals surface area contributed by atoms with Crippen molar-refractivity contribution in [3.05, 3.63) is 23.8 Å². The van der Waals surface area contributed by atoms with Gasteiger partial charge in [-0.25, -0.2) is 0 Å². The first kappa shape index (κ1) is 15.2. The van der Waals surface area contributed by atoms with Crippen LogP contribution in [-0.4, -0.2) is 19.2 Å². The fraction of sp³-hybridized carbons (Fsp3) is 0.647. The fourth-order valence-electron chi connectivity index (χ4n) is 2.77. The van der Waals surface area contributed by atoms with Crippen molar-refractivity contribution in [3.8, 4) is 5.75 Å². The first-order valence-electron chi connectivity index (χ1n) is 7.61. The van der Waals surface area contributed by atoms with Gasteiger partial charge < -0.3 is 15.8 Å². The Morgan fingerprint density at radius 2 is 1.80 bits per heavy atom. The molecule has 0 radical (unpaired) electrons. The number of rotatable bonds is 3. The van der Waals surface area contributed by atoms with Crippen LogP contribution in [-0.2, 0) is 5.41 Å². The lowest BCUT2D eigenvalue weighted by atomic mass is 9.86. The second kappa shape index (κ2) is 6.04. The van der Waals surface area contributed by atoms with Gasteiger partial charge >= 0.3 is 0 Å². The van der Waals surface area contributed by atoms with E-state index in [9.17, 15) is 0 Å². The average Bonchev–Trinajstić information content (AvgIpc) is 2.40. The number of hydrogen-bond donors (Lipinski definition) is 2. The maximum atomic E-state index is 5.98. The Hall–Kier alpha value is -1.22. The molecule has 3 nitrogen and oxygen atoms in total. The van der Waals surface area contributed by atoms with Crippen LogP contribution < -0.4 is 15.8 Å². The van der Waals surface area contributed by atoms with Gasteiger partial charge in [0.15, 0.2) is 0 Å². The minimum atomic E-state index is 0.150. The van der Waals surface area contributed by atoms with Crippen LogP contribution in [0.5, 0.6) is 5.75 Å². The van der Waals surface area contributed by atoms with Crippen LogP contribution in [0.2, 0.25) is 0 Å². The molecule has 0 atom stereocenters. The first-order chi connectivity index (χ1) is 9.40. The van der Waals surface area contributed by atoms with Gasteiger partial charge in [-0.1, -0.05) is 26.8 Å². The largest absolute Gasteiger partial charge is 0.495 e. The predicted octanol–water partition coefficient (Wildman–Crippen LogP) is 3.67. The van der Waals surface area contributed by atoms with Crippen molar-refractivity contribution >= 4 is 5.69 Å². The fourth-order valence-corrected chi connectivity index (χ4v) is 2.77. The van der Waals surface area contributed by atoms with Crippen LogP contribution >= 0.6 is 0 Å². The van der Waals surface area contributed by atoms with E-state index in [1.807, 2.05) is 0 Å². The molecule has 1 aromatic rings. The van der Waals surface area contributed by atoms with Crippen molar-refractivity contribution in [1.82, 2.24) is 0 Å². The second-order valence-corrected chi connectivity index (χ2v) is 6.92. The Bertz CT molecular complexity index is 443. The van der Waals surface area contributed by atoms with Crippen LogP contribution in [0, 0.1) is 0 Å². The van der Waals surface area contributed by atoms with E-state index >= 15 is 0 Å². The molecular formula is C17H28N2O. The summed E-state index contributed by atoms with van der Waals surface area (Å²) in [6.45, 7) is 6.70. The van der Waals surface area contributed by atoms with E-state index in [-0.39, 0.29) is 5.41 Å². The smallest absolute Gasteiger partial charge is 0.141 e. The highest BCUT2D eigenvalue weighted by Crippen LogP contribution is 2.33. The van der Waals surface area contributed by atoms with Gasteiger partial charge in [-0.05, 0) is 48.8 Å². The Morgan fingerprint density at radius 3 is 2.35 bits per heavy atom. The van der Waals surface area contributed by atoms with Crippen molar-refractivity contribution in [1.29, 1.82) is 0 Å². The SMILES string of the molecule is COc1ccc(C(C)(C)C)cc1NC1CCC(N)CC1. The standard InChI is InChI=1S/C17H28N2O/c1-17(2,3)12-5-10-16(20-4)15(11-12)19-14-8-6-13(18)7-9-14/h5,10-11,13-14,19H,6-9,18H2,1-4H3. The molecule has 1 saturated carbocycles. The molecule has 1 aliphatic rings. The molecule has 0 unspecified atom stereocenters. The molecule has 3 N–H and O–H groups in total. The average molecular weight is 276 g/mol. The van der Waals surface area contributed by atoms with Gasteiger partial charge in [0, 0.05) is 12.1 Å². The van der Waals surface area contributed by atoms with Gasteiger partial charge in [-0.2, -0.15) is 0 Å². The molecule has 0 heterocycles. The molecule has 3 heteroatoms. The van der Waals surface area contributed by atoms with Crippen LogP contribution in [0.3, 0.4) is 0 Å². The summed E-state index contributed by atoms with van der Waals surface area (Å²) in [6.07, 6.45) is 4.51. The highest BCUT2D eigenvalue weighted by atomic mass is 16.5. The molecule has 0 amide bonds. The molecule has 2 rings (SSSR count). The molecule has 112 valence electrons. The summed E-state index contributed by atoms with van der Waals surface area (Å²) < 4.78 is 5.49. The summed E-state index contributed by atoms with van der Waals surface area (Å²) >= 11 is 0. The van der Waals surface area contributed by atoms with E-state index in [1.54, 1.807) is 7.11 Å². The third-order valence-electron chi connectivity index (χ3n) is 4.20. The molecule has 20 heavy (non-hydrogen) atoms. The number of ether oxygens (including phenoxy) is 1. The van der Waals surface area contributed by atoms with Crippen LogP contribution in [0.1, 0.15) is 52.0 Å². The zero-order chi connectivity index (χ0) is 14.8. The van der Waals surface area contributed by atoms with Crippen LogP contribution in [0.4, 0.5) is 5.69 Å². The summed E-state index contributed by atoms with van der Waals surface area (Å²) in [5.41, 5.74) is 8.56. The van der Waals surface area contributed by atoms with Gasteiger partial charge in [-0.3, -0.25) is 0 Å². The zero-order valence-corrected chi connectivity index (χ0v) is 13.2. The molecule has 1 aromatic carbocycles. The van der Waals surface area contributed by atoms with Gasteiger partial charge in [0.2, 0.25) is 0 Å². The molecule has 0 saturated heterocycles. The van der Waals surface area contributed by atoms with Gasteiger partial charge in [-0.15, -0.1) is 0 Å². The lowest BCUT2D eigenvalue weighted by Gasteiger charge is -2.29. The van der Waals surface area contributed by atoms with E-state index < -0.39 is 0 Å². The summed E-state index contributed by atoms with van der Waals surface area (Å²) in [5, 5.41) is 3.65. The molecular weight excluding hydrogens is 248 g/mol. The Kier molecular flexibility index (Phi) is 4.59.